The average molecular weight is 206 g/mol. The van der Waals surface area contributed by atoms with Gasteiger partial charge in [-0.2, -0.15) is 0 Å². The summed E-state index contributed by atoms with van der Waals surface area (Å²) >= 11 is 0. The third-order valence-corrected chi connectivity index (χ3v) is 2.86. The van der Waals surface area contributed by atoms with Crippen molar-refractivity contribution in [1.82, 2.24) is 4.90 Å². The molecule has 0 aliphatic carbocycles. The number of ether oxygens (including phenoxy) is 1. The van der Waals surface area contributed by atoms with E-state index in [9.17, 15) is 0 Å². The second kappa shape index (κ2) is 4.53. The number of benzene rings is 1. The van der Waals surface area contributed by atoms with Crippen molar-refractivity contribution in [1.29, 1.82) is 0 Å². The molecule has 2 N–H and O–H groups in total. The molecule has 1 aliphatic rings. The van der Waals surface area contributed by atoms with E-state index in [2.05, 4.69) is 11.8 Å². The van der Waals surface area contributed by atoms with Gasteiger partial charge in [-0.15, -0.1) is 0 Å². The van der Waals surface area contributed by atoms with Crippen LogP contribution in [0.5, 0.6) is 5.75 Å². The van der Waals surface area contributed by atoms with Crippen molar-refractivity contribution in [3.05, 3.63) is 24.3 Å². The molecule has 0 amide bonds. The molecule has 0 spiro atoms. The van der Waals surface area contributed by atoms with E-state index in [1.54, 1.807) is 0 Å². The van der Waals surface area contributed by atoms with Gasteiger partial charge in [0.1, 0.15) is 11.9 Å². The van der Waals surface area contributed by atoms with Gasteiger partial charge in [-0.1, -0.05) is 6.92 Å². The molecule has 0 radical (unpaired) electrons. The molecular formula is C12H18N2O. The van der Waals surface area contributed by atoms with Crippen LogP contribution in [0.15, 0.2) is 24.3 Å². The zero-order chi connectivity index (χ0) is 10.7. The number of likely N-dealkylation sites (N-methyl/N-ethyl adjacent to an activating group) is 1. The van der Waals surface area contributed by atoms with Crippen molar-refractivity contribution in [2.24, 2.45) is 0 Å². The molecule has 0 aromatic heterocycles. The molecule has 1 aromatic rings. The van der Waals surface area contributed by atoms with Crippen LogP contribution in [-0.2, 0) is 0 Å². The minimum absolute atomic E-state index is 0.341. The zero-order valence-electron chi connectivity index (χ0n) is 9.15. The van der Waals surface area contributed by atoms with Crippen LogP contribution in [0.2, 0.25) is 0 Å². The van der Waals surface area contributed by atoms with Gasteiger partial charge in [-0.05, 0) is 37.2 Å². The highest BCUT2D eigenvalue weighted by Crippen LogP contribution is 2.19. The lowest BCUT2D eigenvalue weighted by atomic mass is 10.3. The van der Waals surface area contributed by atoms with E-state index in [0.29, 0.717) is 6.10 Å². The number of anilines is 1. The normalized spacial score (nSPS) is 21.8. The van der Waals surface area contributed by atoms with E-state index in [4.69, 9.17) is 10.5 Å². The summed E-state index contributed by atoms with van der Waals surface area (Å²) in [6.45, 7) is 5.49. The number of nitrogens with two attached hydrogens (primary N) is 1. The fourth-order valence-corrected chi connectivity index (χ4v) is 1.92. The predicted octanol–water partition coefficient (Wildman–Crippen LogP) is 1.74. The molecule has 0 saturated carbocycles. The Morgan fingerprint density at radius 3 is 2.73 bits per heavy atom. The van der Waals surface area contributed by atoms with E-state index in [1.807, 2.05) is 24.3 Å². The minimum atomic E-state index is 0.341. The highest BCUT2D eigenvalue weighted by molar-refractivity contribution is 5.41. The molecular weight excluding hydrogens is 188 g/mol. The SMILES string of the molecule is CCN1CCC(Oc2ccc(N)cc2)C1. The summed E-state index contributed by atoms with van der Waals surface area (Å²) < 4.78 is 5.87. The molecule has 1 atom stereocenters. The molecule has 0 bridgehead atoms. The highest BCUT2D eigenvalue weighted by Gasteiger charge is 2.22. The number of nitrogens with zero attached hydrogens (tertiary/aromatic N) is 1. The Bertz CT molecular complexity index is 310. The van der Waals surface area contributed by atoms with Gasteiger partial charge >= 0.3 is 0 Å². The van der Waals surface area contributed by atoms with Gasteiger partial charge in [0.2, 0.25) is 0 Å². The molecule has 82 valence electrons. The number of likely N-dealkylation sites (tertiary alicyclic amines) is 1. The van der Waals surface area contributed by atoms with Gasteiger partial charge in [-0.3, -0.25) is 4.90 Å². The summed E-state index contributed by atoms with van der Waals surface area (Å²) in [6.07, 6.45) is 1.46. The molecule has 1 saturated heterocycles. The van der Waals surface area contributed by atoms with E-state index in [-0.39, 0.29) is 0 Å². The first kappa shape index (κ1) is 10.3. The first-order chi connectivity index (χ1) is 7.28. The second-order valence-corrected chi connectivity index (χ2v) is 3.99. The molecule has 1 aliphatic heterocycles. The fourth-order valence-electron chi connectivity index (χ4n) is 1.92. The maximum Gasteiger partial charge on any atom is 0.119 e. The number of rotatable bonds is 3. The van der Waals surface area contributed by atoms with Crippen LogP contribution in [0, 0.1) is 0 Å². The van der Waals surface area contributed by atoms with Crippen LogP contribution >= 0.6 is 0 Å². The summed E-state index contributed by atoms with van der Waals surface area (Å²) in [6, 6.07) is 7.62. The number of nitrogen functional groups attached to an aromatic ring is 1. The van der Waals surface area contributed by atoms with Crippen molar-refractivity contribution in [2.45, 2.75) is 19.4 Å². The van der Waals surface area contributed by atoms with E-state index < -0.39 is 0 Å². The van der Waals surface area contributed by atoms with Crippen LogP contribution < -0.4 is 10.5 Å². The Hall–Kier alpha value is -1.22. The van der Waals surface area contributed by atoms with Crippen molar-refractivity contribution < 1.29 is 4.74 Å². The summed E-state index contributed by atoms with van der Waals surface area (Å²) in [7, 11) is 0. The van der Waals surface area contributed by atoms with Crippen LogP contribution in [0.1, 0.15) is 13.3 Å². The van der Waals surface area contributed by atoms with Crippen LogP contribution in [-0.4, -0.2) is 30.6 Å². The maximum atomic E-state index is 5.87. The summed E-state index contributed by atoms with van der Waals surface area (Å²) in [4.78, 5) is 2.40. The maximum absolute atomic E-state index is 5.87. The van der Waals surface area contributed by atoms with Crippen molar-refractivity contribution >= 4 is 5.69 Å². The predicted molar refractivity (Wildman–Crippen MR) is 62.0 cm³/mol. The van der Waals surface area contributed by atoms with Gasteiger partial charge in [0.25, 0.3) is 0 Å². The van der Waals surface area contributed by atoms with Crippen molar-refractivity contribution in [3.63, 3.8) is 0 Å². The monoisotopic (exact) mass is 206 g/mol. The van der Waals surface area contributed by atoms with Crippen molar-refractivity contribution in [3.8, 4) is 5.75 Å². The largest absolute Gasteiger partial charge is 0.489 e. The van der Waals surface area contributed by atoms with Gasteiger partial charge in [-0.25, -0.2) is 0 Å². The smallest absolute Gasteiger partial charge is 0.119 e. The fraction of sp³-hybridized carbons (Fsp3) is 0.500. The average Bonchev–Trinajstić information content (AvgIpc) is 2.69. The van der Waals surface area contributed by atoms with Crippen molar-refractivity contribution in [2.75, 3.05) is 25.4 Å². The Morgan fingerprint density at radius 1 is 1.40 bits per heavy atom. The zero-order valence-corrected chi connectivity index (χ0v) is 9.15. The third-order valence-electron chi connectivity index (χ3n) is 2.86. The summed E-state index contributed by atoms with van der Waals surface area (Å²) in [5, 5.41) is 0. The van der Waals surface area contributed by atoms with Crippen LogP contribution in [0.4, 0.5) is 5.69 Å². The molecule has 3 heteroatoms. The summed E-state index contributed by atoms with van der Waals surface area (Å²) in [5.74, 6) is 0.923. The summed E-state index contributed by atoms with van der Waals surface area (Å²) in [5.41, 5.74) is 6.40. The van der Waals surface area contributed by atoms with Gasteiger partial charge in [0, 0.05) is 18.8 Å². The third kappa shape index (κ3) is 2.63. The molecule has 15 heavy (non-hydrogen) atoms. The topological polar surface area (TPSA) is 38.5 Å². The van der Waals surface area contributed by atoms with Crippen LogP contribution in [0.3, 0.4) is 0 Å². The molecule has 1 aromatic carbocycles. The van der Waals surface area contributed by atoms with Gasteiger partial charge in [0.05, 0.1) is 0 Å². The first-order valence-corrected chi connectivity index (χ1v) is 5.52. The number of hydrogen-bond donors (Lipinski definition) is 1. The molecule has 3 nitrogen and oxygen atoms in total. The first-order valence-electron chi connectivity index (χ1n) is 5.52. The second-order valence-electron chi connectivity index (χ2n) is 3.99. The lowest BCUT2D eigenvalue weighted by Crippen LogP contribution is -2.24. The Balaban J connectivity index is 1.90. The highest BCUT2D eigenvalue weighted by atomic mass is 16.5. The molecule has 1 heterocycles. The minimum Gasteiger partial charge on any atom is -0.489 e. The molecule has 1 fully saturated rings. The van der Waals surface area contributed by atoms with E-state index >= 15 is 0 Å². The van der Waals surface area contributed by atoms with Crippen LogP contribution in [0.25, 0.3) is 0 Å². The lowest BCUT2D eigenvalue weighted by molar-refractivity contribution is 0.202. The molecule has 1 unspecified atom stereocenters. The number of hydrogen-bond acceptors (Lipinski definition) is 3. The molecule has 2 rings (SSSR count). The van der Waals surface area contributed by atoms with E-state index in [1.165, 1.54) is 0 Å². The Morgan fingerprint density at radius 2 is 2.13 bits per heavy atom. The van der Waals surface area contributed by atoms with E-state index in [0.717, 1.165) is 37.5 Å². The quantitative estimate of drug-likeness (QED) is 0.766. The Labute approximate surface area is 90.8 Å². The van der Waals surface area contributed by atoms with Gasteiger partial charge in [0.15, 0.2) is 0 Å². The Kier molecular flexibility index (Phi) is 3.11. The lowest BCUT2D eigenvalue weighted by Gasteiger charge is -2.15. The van der Waals surface area contributed by atoms with Gasteiger partial charge < -0.3 is 10.5 Å². The standard InChI is InChI=1S/C12H18N2O/c1-2-14-8-7-12(9-14)15-11-5-3-10(13)4-6-11/h3-6,12H,2,7-9,13H2,1H3.